The number of rotatable bonds is 4. The number of carbonyl (C=O) groups excluding carboxylic acids is 1. The molecular weight excluding hydrogens is 272 g/mol. The molecule has 2 aromatic rings. The van der Waals surface area contributed by atoms with E-state index in [-0.39, 0.29) is 12.5 Å². The van der Waals surface area contributed by atoms with Crippen LogP contribution in [0, 0.1) is 6.92 Å². The second-order valence-electron chi connectivity index (χ2n) is 3.59. The summed E-state index contributed by atoms with van der Waals surface area (Å²) in [4.78, 5) is 15.5. The molecule has 1 aromatic heterocycles. The zero-order valence-corrected chi connectivity index (χ0v) is 11.2. The minimum absolute atomic E-state index is 0.0549. The van der Waals surface area contributed by atoms with Gasteiger partial charge in [-0.25, -0.2) is 4.98 Å². The molecule has 6 heteroatoms. The van der Waals surface area contributed by atoms with E-state index in [9.17, 15) is 4.79 Å². The number of thiazole rings is 1. The molecule has 0 aliphatic carbocycles. The first kappa shape index (κ1) is 12.9. The van der Waals surface area contributed by atoms with Crippen molar-refractivity contribution in [3.63, 3.8) is 0 Å². The molecule has 18 heavy (non-hydrogen) atoms. The quantitative estimate of drug-likeness (QED) is 0.937. The Morgan fingerprint density at radius 3 is 3.06 bits per heavy atom. The highest BCUT2D eigenvalue weighted by Crippen LogP contribution is 2.21. The molecule has 1 N–H and O–H groups in total. The third kappa shape index (κ3) is 3.45. The summed E-state index contributed by atoms with van der Waals surface area (Å²) < 4.78 is 5.36. The predicted molar refractivity (Wildman–Crippen MR) is 72.4 cm³/mol. The van der Waals surface area contributed by atoms with Gasteiger partial charge in [-0.3, -0.25) is 10.1 Å². The number of aryl methyl sites for hydroxylation is 1. The topological polar surface area (TPSA) is 51.2 Å². The van der Waals surface area contributed by atoms with Crippen LogP contribution >= 0.6 is 22.9 Å². The fourth-order valence-electron chi connectivity index (χ4n) is 1.30. The zero-order valence-electron chi connectivity index (χ0n) is 9.64. The molecule has 0 aliphatic rings. The van der Waals surface area contributed by atoms with Gasteiger partial charge in [-0.15, -0.1) is 11.3 Å². The monoisotopic (exact) mass is 282 g/mol. The largest absolute Gasteiger partial charge is 0.484 e. The number of nitrogens with zero attached hydrogens (tertiary/aromatic N) is 1. The maximum atomic E-state index is 11.5. The number of carbonyl (C=O) groups is 1. The first-order valence-corrected chi connectivity index (χ1v) is 6.49. The summed E-state index contributed by atoms with van der Waals surface area (Å²) in [6.07, 6.45) is 1.63. The van der Waals surface area contributed by atoms with E-state index in [1.807, 2.05) is 6.92 Å². The third-order valence-corrected chi connectivity index (χ3v) is 3.29. The molecule has 0 atom stereocenters. The van der Waals surface area contributed by atoms with E-state index in [1.54, 1.807) is 29.8 Å². The van der Waals surface area contributed by atoms with Gasteiger partial charge in [0.1, 0.15) is 5.75 Å². The normalized spacial score (nSPS) is 10.1. The Labute approximate surface area is 114 Å². The van der Waals surface area contributed by atoms with Gasteiger partial charge in [0.25, 0.3) is 5.91 Å². The fraction of sp³-hybridized carbons (Fsp3) is 0.167. The van der Waals surface area contributed by atoms with E-state index in [0.29, 0.717) is 15.9 Å². The highest BCUT2D eigenvalue weighted by Gasteiger charge is 2.05. The number of amides is 1. The van der Waals surface area contributed by atoms with Crippen molar-refractivity contribution in [2.24, 2.45) is 0 Å². The maximum absolute atomic E-state index is 11.5. The van der Waals surface area contributed by atoms with E-state index >= 15 is 0 Å². The molecule has 0 spiro atoms. The molecule has 0 bridgehead atoms. The molecule has 0 radical (unpaired) electrons. The van der Waals surface area contributed by atoms with Crippen LogP contribution in [-0.2, 0) is 4.79 Å². The third-order valence-electron chi connectivity index (χ3n) is 2.18. The van der Waals surface area contributed by atoms with E-state index in [0.717, 1.165) is 5.56 Å². The average Bonchev–Trinajstić information content (AvgIpc) is 2.83. The van der Waals surface area contributed by atoms with Crippen LogP contribution in [0.5, 0.6) is 5.75 Å². The van der Waals surface area contributed by atoms with Gasteiger partial charge >= 0.3 is 0 Å². The van der Waals surface area contributed by atoms with Crippen LogP contribution in [0.25, 0.3) is 0 Å². The van der Waals surface area contributed by atoms with Gasteiger partial charge in [0, 0.05) is 16.6 Å². The van der Waals surface area contributed by atoms with E-state index in [2.05, 4.69) is 10.3 Å². The van der Waals surface area contributed by atoms with Crippen molar-refractivity contribution >= 4 is 34.0 Å². The summed E-state index contributed by atoms with van der Waals surface area (Å²) in [6, 6.07) is 5.26. The Kier molecular flexibility index (Phi) is 4.17. The first-order valence-electron chi connectivity index (χ1n) is 5.23. The predicted octanol–water partition coefficient (Wildman–Crippen LogP) is 3.12. The molecular formula is C12H11ClN2O2S. The number of hydrogen-bond donors (Lipinski definition) is 1. The lowest BCUT2D eigenvalue weighted by atomic mass is 10.2. The Bertz CT molecular complexity index is 543. The van der Waals surface area contributed by atoms with Crippen LogP contribution in [0.15, 0.2) is 29.8 Å². The highest BCUT2D eigenvalue weighted by atomic mass is 35.5. The standard InChI is InChI=1S/C12H11ClN2O2S/c1-8-6-9(2-3-10(8)13)17-7-11(16)15-12-14-4-5-18-12/h2-6H,7H2,1H3,(H,14,15,16). The van der Waals surface area contributed by atoms with Crippen LogP contribution < -0.4 is 10.1 Å². The molecule has 1 amide bonds. The number of anilines is 1. The summed E-state index contributed by atoms with van der Waals surface area (Å²) in [7, 11) is 0. The van der Waals surface area contributed by atoms with Gasteiger partial charge < -0.3 is 4.74 Å². The van der Waals surface area contributed by atoms with Gasteiger partial charge in [0.05, 0.1) is 0 Å². The molecule has 0 fully saturated rings. The highest BCUT2D eigenvalue weighted by molar-refractivity contribution is 7.13. The Morgan fingerprint density at radius 1 is 1.56 bits per heavy atom. The molecule has 0 saturated carbocycles. The molecule has 0 unspecified atom stereocenters. The Hall–Kier alpha value is -1.59. The van der Waals surface area contributed by atoms with Crippen LogP contribution in [0.2, 0.25) is 5.02 Å². The van der Waals surface area contributed by atoms with Crippen LogP contribution in [0.3, 0.4) is 0 Å². The minimum atomic E-state index is -0.238. The smallest absolute Gasteiger partial charge is 0.264 e. The van der Waals surface area contributed by atoms with Gasteiger partial charge in [-0.1, -0.05) is 11.6 Å². The summed E-state index contributed by atoms with van der Waals surface area (Å²) in [5.41, 5.74) is 0.912. The van der Waals surface area contributed by atoms with E-state index in [1.165, 1.54) is 11.3 Å². The van der Waals surface area contributed by atoms with Gasteiger partial charge in [-0.05, 0) is 30.7 Å². The second-order valence-corrected chi connectivity index (χ2v) is 4.89. The van der Waals surface area contributed by atoms with Gasteiger partial charge in [0.2, 0.25) is 0 Å². The second kappa shape index (κ2) is 5.84. The van der Waals surface area contributed by atoms with Crippen LogP contribution in [0.4, 0.5) is 5.13 Å². The lowest BCUT2D eigenvalue weighted by Gasteiger charge is -2.07. The first-order chi connectivity index (χ1) is 8.65. The van der Waals surface area contributed by atoms with Crippen molar-refractivity contribution in [3.05, 3.63) is 40.4 Å². The van der Waals surface area contributed by atoms with Crippen molar-refractivity contribution in [1.82, 2.24) is 4.98 Å². The average molecular weight is 283 g/mol. The molecule has 2 rings (SSSR count). The van der Waals surface area contributed by atoms with Crippen molar-refractivity contribution < 1.29 is 9.53 Å². The van der Waals surface area contributed by atoms with Gasteiger partial charge in [-0.2, -0.15) is 0 Å². The number of nitrogens with one attached hydrogen (secondary N) is 1. The maximum Gasteiger partial charge on any atom is 0.264 e. The summed E-state index contributed by atoms with van der Waals surface area (Å²) in [5, 5.41) is 5.67. The molecule has 1 heterocycles. The van der Waals surface area contributed by atoms with Crippen LogP contribution in [-0.4, -0.2) is 17.5 Å². The number of halogens is 1. The number of benzene rings is 1. The van der Waals surface area contributed by atoms with Crippen LogP contribution in [0.1, 0.15) is 5.56 Å². The SMILES string of the molecule is Cc1cc(OCC(=O)Nc2nccs2)ccc1Cl. The lowest BCUT2D eigenvalue weighted by molar-refractivity contribution is -0.118. The Morgan fingerprint density at radius 2 is 2.39 bits per heavy atom. The number of ether oxygens (including phenoxy) is 1. The Balaban J connectivity index is 1.87. The lowest BCUT2D eigenvalue weighted by Crippen LogP contribution is -2.20. The molecule has 94 valence electrons. The van der Waals surface area contributed by atoms with Crippen molar-refractivity contribution in [2.45, 2.75) is 6.92 Å². The number of aromatic nitrogens is 1. The summed E-state index contributed by atoms with van der Waals surface area (Å²) >= 11 is 7.26. The van der Waals surface area contributed by atoms with Crippen molar-refractivity contribution in [3.8, 4) is 5.75 Å². The summed E-state index contributed by atoms with van der Waals surface area (Å²) in [6.45, 7) is 1.82. The molecule has 4 nitrogen and oxygen atoms in total. The fourth-order valence-corrected chi connectivity index (χ4v) is 1.96. The van der Waals surface area contributed by atoms with E-state index in [4.69, 9.17) is 16.3 Å². The van der Waals surface area contributed by atoms with E-state index < -0.39 is 0 Å². The minimum Gasteiger partial charge on any atom is -0.484 e. The molecule has 1 aromatic carbocycles. The summed E-state index contributed by atoms with van der Waals surface area (Å²) in [5.74, 6) is 0.378. The number of hydrogen-bond acceptors (Lipinski definition) is 4. The van der Waals surface area contributed by atoms with Crippen molar-refractivity contribution in [1.29, 1.82) is 0 Å². The molecule has 0 saturated heterocycles. The zero-order chi connectivity index (χ0) is 13.0. The van der Waals surface area contributed by atoms with Gasteiger partial charge in [0.15, 0.2) is 11.7 Å². The molecule has 0 aliphatic heterocycles. The van der Waals surface area contributed by atoms with Crippen molar-refractivity contribution in [2.75, 3.05) is 11.9 Å².